The van der Waals surface area contributed by atoms with Crippen molar-refractivity contribution in [2.75, 3.05) is 6.54 Å². The number of fused-ring (bicyclic) bond motifs is 1. The highest BCUT2D eigenvalue weighted by atomic mass is 19.1. The third kappa shape index (κ3) is 3.69. The number of hydrogen-bond acceptors (Lipinski definition) is 5. The molecule has 31 heavy (non-hydrogen) atoms. The summed E-state index contributed by atoms with van der Waals surface area (Å²) in [6, 6.07) is 7.60. The number of aliphatic hydroxyl groups excluding tert-OH is 1. The number of nitrogens with zero attached hydrogens (tertiary/aromatic N) is 3. The molecule has 4 aromatic rings. The maximum Gasteiger partial charge on any atom is 0.150 e. The second-order valence-electron chi connectivity index (χ2n) is 7.50. The van der Waals surface area contributed by atoms with E-state index in [2.05, 4.69) is 25.9 Å². The fraction of sp³-hybridized carbons (Fsp3) is 0.238. The third-order valence-electron chi connectivity index (χ3n) is 5.44. The summed E-state index contributed by atoms with van der Waals surface area (Å²) < 4.78 is 43.3. The molecular formula is C21H19F3N6O. The van der Waals surface area contributed by atoms with E-state index in [0.717, 1.165) is 19.0 Å². The van der Waals surface area contributed by atoms with Crippen molar-refractivity contribution in [1.82, 2.24) is 30.6 Å². The number of rotatable bonds is 5. The molecule has 2 unspecified atom stereocenters. The summed E-state index contributed by atoms with van der Waals surface area (Å²) >= 11 is 0. The van der Waals surface area contributed by atoms with Crippen molar-refractivity contribution < 1.29 is 18.3 Å². The predicted molar refractivity (Wildman–Crippen MR) is 108 cm³/mol. The van der Waals surface area contributed by atoms with Crippen LogP contribution in [0.4, 0.5) is 13.2 Å². The lowest BCUT2D eigenvalue weighted by atomic mass is 10.1. The average Bonchev–Trinajstić information content (AvgIpc) is 3.45. The van der Waals surface area contributed by atoms with Crippen molar-refractivity contribution >= 4 is 10.9 Å². The minimum absolute atomic E-state index is 0.101. The first-order valence-electron chi connectivity index (χ1n) is 9.82. The molecule has 160 valence electrons. The van der Waals surface area contributed by atoms with Crippen molar-refractivity contribution in [3.8, 4) is 16.9 Å². The monoisotopic (exact) mass is 428 g/mol. The molecular weight excluding hydrogens is 409 g/mol. The quantitative estimate of drug-likeness (QED) is 0.392. The molecule has 5 rings (SSSR count). The predicted octanol–water partition coefficient (Wildman–Crippen LogP) is 2.60. The molecule has 0 radical (unpaired) electrons. The zero-order chi connectivity index (χ0) is 21.5. The maximum absolute atomic E-state index is 14.5. The van der Waals surface area contributed by atoms with Gasteiger partial charge < -0.3 is 15.4 Å². The number of aromatic amines is 1. The largest absolute Gasteiger partial charge is 0.377 e. The van der Waals surface area contributed by atoms with E-state index < -0.39 is 23.7 Å². The third-order valence-corrected chi connectivity index (χ3v) is 5.44. The Labute approximate surface area is 174 Å². The summed E-state index contributed by atoms with van der Waals surface area (Å²) in [4.78, 5) is 2.98. The molecule has 0 aliphatic carbocycles. The van der Waals surface area contributed by atoms with Crippen LogP contribution in [0.3, 0.4) is 0 Å². The highest BCUT2D eigenvalue weighted by Gasteiger charge is 2.24. The molecule has 0 spiro atoms. The summed E-state index contributed by atoms with van der Waals surface area (Å²) in [5, 5.41) is 24.6. The normalized spacial score (nSPS) is 18.8. The molecule has 1 saturated heterocycles. The molecule has 2 aromatic carbocycles. The van der Waals surface area contributed by atoms with Gasteiger partial charge in [0.1, 0.15) is 23.7 Å². The average molecular weight is 428 g/mol. The van der Waals surface area contributed by atoms with E-state index in [1.807, 2.05) is 0 Å². The van der Waals surface area contributed by atoms with Crippen LogP contribution in [0, 0.1) is 17.5 Å². The van der Waals surface area contributed by atoms with Gasteiger partial charge in [-0.05, 0) is 43.3 Å². The molecule has 0 bridgehead atoms. The first-order chi connectivity index (χ1) is 15.0. The minimum atomic E-state index is -0.741. The number of benzene rings is 2. The van der Waals surface area contributed by atoms with Crippen molar-refractivity contribution in [3.63, 3.8) is 0 Å². The zero-order valence-electron chi connectivity index (χ0n) is 16.2. The summed E-state index contributed by atoms with van der Waals surface area (Å²) in [5.74, 6) is -1.87. The second kappa shape index (κ2) is 7.80. The van der Waals surface area contributed by atoms with Gasteiger partial charge >= 0.3 is 0 Å². The van der Waals surface area contributed by atoms with E-state index in [-0.39, 0.29) is 16.9 Å². The Hall–Kier alpha value is -3.21. The Morgan fingerprint density at radius 3 is 2.68 bits per heavy atom. The number of nitrogens with one attached hydrogen (secondary N) is 3. The van der Waals surface area contributed by atoms with E-state index in [1.54, 1.807) is 18.3 Å². The SMILES string of the molecule is OC1NCCC1NCc1cn(-c2c(-c3ccc(F)cc3)[nH]c3c(F)cc(F)cc23)nn1. The van der Waals surface area contributed by atoms with Gasteiger partial charge in [0.15, 0.2) is 0 Å². The van der Waals surface area contributed by atoms with Crippen LogP contribution in [0.1, 0.15) is 12.1 Å². The van der Waals surface area contributed by atoms with Gasteiger partial charge in [-0.25, -0.2) is 17.9 Å². The summed E-state index contributed by atoms with van der Waals surface area (Å²) in [5.41, 5.74) is 2.16. The topological polar surface area (TPSA) is 90.8 Å². The fourth-order valence-corrected chi connectivity index (χ4v) is 3.89. The lowest BCUT2D eigenvalue weighted by Gasteiger charge is -2.14. The molecule has 2 atom stereocenters. The molecule has 10 heteroatoms. The van der Waals surface area contributed by atoms with Gasteiger partial charge in [-0.15, -0.1) is 5.10 Å². The van der Waals surface area contributed by atoms with Crippen LogP contribution < -0.4 is 10.6 Å². The second-order valence-corrected chi connectivity index (χ2v) is 7.50. The van der Waals surface area contributed by atoms with Gasteiger partial charge in [-0.1, -0.05) is 5.21 Å². The van der Waals surface area contributed by atoms with Gasteiger partial charge in [0.2, 0.25) is 0 Å². The van der Waals surface area contributed by atoms with Crippen molar-refractivity contribution in [1.29, 1.82) is 0 Å². The molecule has 1 aliphatic heterocycles. The Morgan fingerprint density at radius 1 is 1.13 bits per heavy atom. The Morgan fingerprint density at radius 2 is 1.94 bits per heavy atom. The lowest BCUT2D eigenvalue weighted by Crippen LogP contribution is -2.39. The molecule has 0 saturated carbocycles. The molecule has 0 amide bonds. The Balaban J connectivity index is 1.56. The van der Waals surface area contributed by atoms with Crippen LogP contribution in [0.2, 0.25) is 0 Å². The maximum atomic E-state index is 14.5. The van der Waals surface area contributed by atoms with Crippen LogP contribution in [-0.4, -0.2) is 43.9 Å². The standard InChI is InChI=1S/C21H19F3N6O/c22-12-3-1-11(2-4-12)18-20(15-7-13(23)8-16(24)19(15)27-18)30-10-14(28-29-30)9-26-17-5-6-25-21(17)31/h1-4,7-8,10,17,21,25-27,31H,5-6,9H2. The van der Waals surface area contributed by atoms with Crippen LogP contribution >= 0.6 is 0 Å². The van der Waals surface area contributed by atoms with E-state index >= 15 is 0 Å². The van der Waals surface area contributed by atoms with Gasteiger partial charge in [-0.3, -0.25) is 5.32 Å². The Kier molecular flexibility index (Phi) is 4.97. The zero-order valence-corrected chi connectivity index (χ0v) is 16.2. The van der Waals surface area contributed by atoms with Crippen molar-refractivity contribution in [3.05, 3.63) is 65.7 Å². The van der Waals surface area contributed by atoms with Crippen LogP contribution in [0.25, 0.3) is 27.8 Å². The molecule has 2 aromatic heterocycles. The smallest absolute Gasteiger partial charge is 0.150 e. The molecule has 7 nitrogen and oxygen atoms in total. The minimum Gasteiger partial charge on any atom is -0.377 e. The van der Waals surface area contributed by atoms with E-state index in [1.165, 1.54) is 22.9 Å². The summed E-state index contributed by atoms with van der Waals surface area (Å²) in [6.07, 6.45) is 1.81. The van der Waals surface area contributed by atoms with E-state index in [0.29, 0.717) is 29.2 Å². The fourth-order valence-electron chi connectivity index (χ4n) is 3.89. The van der Waals surface area contributed by atoms with Crippen LogP contribution in [0.5, 0.6) is 0 Å². The molecule has 4 N–H and O–H groups in total. The molecule has 1 aliphatic rings. The summed E-state index contributed by atoms with van der Waals surface area (Å²) in [7, 11) is 0. The highest BCUT2D eigenvalue weighted by Crippen LogP contribution is 2.35. The van der Waals surface area contributed by atoms with E-state index in [9.17, 15) is 18.3 Å². The number of aromatic nitrogens is 4. The number of hydrogen-bond donors (Lipinski definition) is 4. The van der Waals surface area contributed by atoms with Gasteiger partial charge in [0.05, 0.1) is 28.8 Å². The van der Waals surface area contributed by atoms with Gasteiger partial charge in [-0.2, -0.15) is 0 Å². The van der Waals surface area contributed by atoms with Crippen LogP contribution in [0.15, 0.2) is 42.6 Å². The number of aliphatic hydroxyl groups is 1. The molecule has 1 fully saturated rings. The van der Waals surface area contributed by atoms with Gasteiger partial charge in [0, 0.05) is 29.6 Å². The lowest BCUT2D eigenvalue weighted by molar-refractivity contribution is 0.128. The summed E-state index contributed by atoms with van der Waals surface area (Å²) in [6.45, 7) is 1.08. The highest BCUT2D eigenvalue weighted by molar-refractivity contribution is 5.96. The Bertz CT molecular complexity index is 1240. The first kappa shape index (κ1) is 19.7. The number of H-pyrrole nitrogens is 1. The van der Waals surface area contributed by atoms with Crippen LogP contribution in [-0.2, 0) is 6.54 Å². The van der Waals surface area contributed by atoms with Crippen molar-refractivity contribution in [2.45, 2.75) is 25.2 Å². The van der Waals surface area contributed by atoms with Crippen molar-refractivity contribution in [2.24, 2.45) is 0 Å². The molecule has 3 heterocycles. The number of halogens is 3. The first-order valence-corrected chi connectivity index (χ1v) is 9.82. The van der Waals surface area contributed by atoms with E-state index in [4.69, 9.17) is 0 Å². The van der Waals surface area contributed by atoms with Gasteiger partial charge in [0.25, 0.3) is 0 Å².